The number of hydrogen-bond donors (Lipinski definition) is 1. The van der Waals surface area contributed by atoms with E-state index in [-0.39, 0.29) is 22.5 Å². The molecule has 3 nitrogen and oxygen atoms in total. The molecule has 0 aromatic heterocycles. The van der Waals surface area contributed by atoms with Gasteiger partial charge in [0.1, 0.15) is 5.25 Å². The Balaban J connectivity index is 1.85. The summed E-state index contributed by atoms with van der Waals surface area (Å²) in [5.74, 6) is -0.279. The number of carbonyl (C=O) groups excluding carboxylic acids is 2. The van der Waals surface area contributed by atoms with Gasteiger partial charge in [-0.2, -0.15) is 0 Å². The van der Waals surface area contributed by atoms with Gasteiger partial charge in [0.2, 0.25) is 5.78 Å². The lowest BCUT2D eigenvalue weighted by Gasteiger charge is -2.28. The number of carbonyl (C=O) groups is 2. The lowest BCUT2D eigenvalue weighted by Crippen LogP contribution is -2.41. The lowest BCUT2D eigenvalue weighted by atomic mass is 9.82. The smallest absolute Gasteiger partial charge is 0.204 e. The molecule has 0 aromatic carbocycles. The first kappa shape index (κ1) is 13.3. The molecule has 0 amide bonds. The van der Waals surface area contributed by atoms with Crippen molar-refractivity contribution in [1.82, 2.24) is 0 Å². The summed E-state index contributed by atoms with van der Waals surface area (Å²) in [5.41, 5.74) is 1.12. The Labute approximate surface area is 122 Å². The van der Waals surface area contributed by atoms with Crippen LogP contribution in [0.4, 0.5) is 0 Å². The molecular weight excluding hydrogens is 270 g/mol. The number of Topliss-reactive ketones (excluding diaryl/α,β-unsaturated/α-hetero) is 2. The zero-order valence-electron chi connectivity index (χ0n) is 11.0. The molecule has 2 atom stereocenters. The Morgan fingerprint density at radius 1 is 1.05 bits per heavy atom. The van der Waals surface area contributed by atoms with Crippen LogP contribution in [0.1, 0.15) is 19.3 Å². The van der Waals surface area contributed by atoms with Crippen LogP contribution in [0.2, 0.25) is 0 Å². The minimum Gasteiger partial charge on any atom is -0.300 e. The molecule has 1 N–H and O–H groups in total. The first-order valence-electron chi connectivity index (χ1n) is 6.71. The summed E-state index contributed by atoms with van der Waals surface area (Å²) in [5, 5.41) is 7.57. The van der Waals surface area contributed by atoms with E-state index in [1.54, 1.807) is 0 Å². The van der Waals surface area contributed by atoms with Crippen molar-refractivity contribution in [2.45, 2.75) is 29.8 Å². The van der Waals surface area contributed by atoms with Gasteiger partial charge in [-0.05, 0) is 19.3 Å². The molecule has 3 rings (SSSR count). The van der Waals surface area contributed by atoms with E-state index in [2.05, 4.69) is 0 Å². The minimum absolute atomic E-state index is 0.0399. The maximum atomic E-state index is 12.5. The molecule has 3 aliphatic rings. The average Bonchev–Trinajstić information content (AvgIpc) is 2.50. The van der Waals surface area contributed by atoms with Crippen LogP contribution < -0.4 is 0 Å². The summed E-state index contributed by atoms with van der Waals surface area (Å²) in [7, 11) is 0. The number of nitrogens with one attached hydrogen (secondary N) is 1. The van der Waals surface area contributed by atoms with Gasteiger partial charge < -0.3 is 0 Å². The van der Waals surface area contributed by atoms with Gasteiger partial charge in [0.25, 0.3) is 0 Å². The zero-order valence-corrected chi connectivity index (χ0v) is 11.8. The van der Waals surface area contributed by atoms with Gasteiger partial charge in [-0.1, -0.05) is 36.5 Å². The average molecular weight is 285 g/mol. The van der Waals surface area contributed by atoms with E-state index < -0.39 is 5.25 Å². The molecule has 0 spiro atoms. The fourth-order valence-electron chi connectivity index (χ4n) is 2.66. The van der Waals surface area contributed by atoms with E-state index >= 15 is 0 Å². The van der Waals surface area contributed by atoms with Gasteiger partial charge in [-0.15, -0.1) is 11.8 Å². The van der Waals surface area contributed by atoms with Crippen molar-refractivity contribution < 1.29 is 9.59 Å². The number of rotatable bonds is 2. The highest BCUT2D eigenvalue weighted by molar-refractivity contribution is 8.02. The summed E-state index contributed by atoms with van der Waals surface area (Å²) in [6.07, 6.45) is 13.7. The highest BCUT2D eigenvalue weighted by Gasteiger charge is 2.40. The summed E-state index contributed by atoms with van der Waals surface area (Å²) >= 11 is 1.43. The minimum atomic E-state index is -0.631. The number of thioether (sulfide) groups is 1. The fraction of sp³-hybridized carbons (Fsp3) is 0.312. The maximum absolute atomic E-state index is 12.5. The van der Waals surface area contributed by atoms with Crippen molar-refractivity contribution in [3.05, 3.63) is 47.6 Å². The number of allylic oxidation sites excluding steroid dienone is 7. The highest BCUT2D eigenvalue weighted by Crippen LogP contribution is 2.35. The van der Waals surface area contributed by atoms with E-state index in [0.29, 0.717) is 24.0 Å². The van der Waals surface area contributed by atoms with E-state index in [4.69, 9.17) is 5.41 Å². The van der Waals surface area contributed by atoms with Crippen LogP contribution >= 0.6 is 11.8 Å². The molecule has 0 saturated carbocycles. The van der Waals surface area contributed by atoms with Crippen molar-refractivity contribution in [2.75, 3.05) is 0 Å². The Hall–Kier alpha value is -1.68. The predicted molar refractivity (Wildman–Crippen MR) is 81.2 cm³/mol. The Kier molecular flexibility index (Phi) is 3.57. The van der Waals surface area contributed by atoms with Crippen LogP contribution in [-0.2, 0) is 9.59 Å². The second-order valence-corrected chi connectivity index (χ2v) is 6.40. The Morgan fingerprint density at radius 3 is 2.50 bits per heavy atom. The molecule has 2 unspecified atom stereocenters. The molecule has 0 radical (unpaired) electrons. The maximum Gasteiger partial charge on any atom is 0.204 e. The first-order valence-corrected chi connectivity index (χ1v) is 7.66. The zero-order chi connectivity index (χ0) is 14.1. The quantitative estimate of drug-likeness (QED) is 0.794. The van der Waals surface area contributed by atoms with Crippen LogP contribution in [0.25, 0.3) is 0 Å². The van der Waals surface area contributed by atoms with Gasteiger partial charge >= 0.3 is 0 Å². The van der Waals surface area contributed by atoms with Gasteiger partial charge in [0.15, 0.2) is 5.78 Å². The fourth-order valence-corrected chi connectivity index (χ4v) is 3.92. The predicted octanol–water partition coefficient (Wildman–Crippen LogP) is 2.79. The van der Waals surface area contributed by atoms with Crippen LogP contribution in [0.5, 0.6) is 0 Å². The number of ketones is 2. The van der Waals surface area contributed by atoms with Crippen LogP contribution in [0.15, 0.2) is 47.6 Å². The lowest BCUT2D eigenvalue weighted by molar-refractivity contribution is -0.117. The molecule has 3 aliphatic carbocycles. The van der Waals surface area contributed by atoms with Crippen molar-refractivity contribution in [3.63, 3.8) is 0 Å². The number of hydrogen-bond acceptors (Lipinski definition) is 4. The molecular formula is C16H15NO2S. The summed E-state index contributed by atoms with van der Waals surface area (Å²) < 4.78 is 0. The molecule has 0 saturated heterocycles. The second-order valence-electron chi connectivity index (χ2n) is 5.05. The molecule has 4 heteroatoms. The van der Waals surface area contributed by atoms with Gasteiger partial charge in [0, 0.05) is 16.4 Å². The van der Waals surface area contributed by atoms with Crippen LogP contribution in [0, 0.1) is 5.41 Å². The van der Waals surface area contributed by atoms with Crippen LogP contribution in [-0.4, -0.2) is 27.8 Å². The van der Waals surface area contributed by atoms with Crippen LogP contribution in [0.3, 0.4) is 0 Å². The summed E-state index contributed by atoms with van der Waals surface area (Å²) in [6, 6.07) is 0. The Morgan fingerprint density at radius 2 is 1.80 bits per heavy atom. The standard InChI is InChI=1S/C16H15NO2S/c17-13-14(18)11-8-4-5-9-12(11)15(19)16(13)20-10-6-2-1-3-7-10/h1-6,10,16-17H,7-9H2. The molecule has 0 heterocycles. The molecule has 102 valence electrons. The molecule has 0 aliphatic heterocycles. The van der Waals surface area contributed by atoms with E-state index in [1.165, 1.54) is 11.8 Å². The van der Waals surface area contributed by atoms with Crippen molar-refractivity contribution >= 4 is 29.0 Å². The molecule has 0 bridgehead atoms. The molecule has 20 heavy (non-hydrogen) atoms. The normalized spacial score (nSPS) is 29.1. The van der Waals surface area contributed by atoms with E-state index in [1.807, 2.05) is 36.5 Å². The van der Waals surface area contributed by atoms with Crippen molar-refractivity contribution in [3.8, 4) is 0 Å². The SMILES string of the molecule is N=C1C(=O)C2=C(CC=CC2)C(=O)C1SC1C=CC=CC1. The van der Waals surface area contributed by atoms with Crippen molar-refractivity contribution in [1.29, 1.82) is 5.41 Å². The van der Waals surface area contributed by atoms with Gasteiger partial charge in [0.05, 0.1) is 5.71 Å². The van der Waals surface area contributed by atoms with Gasteiger partial charge in [-0.3, -0.25) is 15.0 Å². The third kappa shape index (κ3) is 2.24. The topological polar surface area (TPSA) is 58.0 Å². The third-order valence-electron chi connectivity index (χ3n) is 3.74. The summed E-state index contributed by atoms with van der Waals surface area (Å²) in [6.45, 7) is 0. The molecule has 0 aromatic rings. The van der Waals surface area contributed by atoms with Crippen molar-refractivity contribution in [2.24, 2.45) is 0 Å². The van der Waals surface area contributed by atoms with E-state index in [9.17, 15) is 9.59 Å². The largest absolute Gasteiger partial charge is 0.300 e. The van der Waals surface area contributed by atoms with Gasteiger partial charge in [-0.25, -0.2) is 0 Å². The van der Waals surface area contributed by atoms with E-state index in [0.717, 1.165) is 6.42 Å². The third-order valence-corrected chi connectivity index (χ3v) is 5.16. The monoisotopic (exact) mass is 285 g/mol. The second kappa shape index (κ2) is 5.37. The first-order chi connectivity index (χ1) is 9.68. The molecule has 0 fully saturated rings. The Bertz CT molecular complexity index is 610. The highest BCUT2D eigenvalue weighted by atomic mass is 32.2. The summed E-state index contributed by atoms with van der Waals surface area (Å²) in [4.78, 5) is 24.8.